The van der Waals surface area contributed by atoms with Crippen molar-refractivity contribution in [3.8, 4) is 0 Å². The number of hydrogen-bond donors (Lipinski definition) is 2. The molecule has 0 radical (unpaired) electrons. The van der Waals surface area contributed by atoms with E-state index in [9.17, 15) is 9.59 Å². The number of aromatic nitrogens is 1. The molecule has 1 rings (SSSR count). The lowest BCUT2D eigenvalue weighted by Crippen LogP contribution is -2.17. The molecule has 1 aromatic heterocycles. The molecule has 0 fully saturated rings. The molecule has 0 aliphatic carbocycles. The Morgan fingerprint density at radius 2 is 2.17 bits per heavy atom. The molecule has 1 unspecified atom stereocenters. The SMILES string of the molecule is Cc1cc(NC(=O)CC(C)CC(=O)O)cnc1Cl. The molecule has 0 saturated carbocycles. The molecule has 0 bridgehead atoms. The van der Waals surface area contributed by atoms with Crippen LogP contribution in [-0.4, -0.2) is 22.0 Å². The zero-order chi connectivity index (χ0) is 13.7. The van der Waals surface area contributed by atoms with Crippen LogP contribution in [0.25, 0.3) is 0 Å². The molecule has 0 aromatic carbocycles. The number of aryl methyl sites for hydroxylation is 1. The van der Waals surface area contributed by atoms with Crippen molar-refractivity contribution in [1.82, 2.24) is 4.98 Å². The van der Waals surface area contributed by atoms with Gasteiger partial charge in [-0.15, -0.1) is 0 Å². The third-order valence-electron chi connectivity index (χ3n) is 2.36. The summed E-state index contributed by atoms with van der Waals surface area (Å²) in [4.78, 5) is 26.0. The van der Waals surface area contributed by atoms with Crippen LogP contribution in [0.4, 0.5) is 5.69 Å². The van der Waals surface area contributed by atoms with Gasteiger partial charge in [-0.1, -0.05) is 18.5 Å². The van der Waals surface area contributed by atoms with Crippen LogP contribution >= 0.6 is 11.6 Å². The van der Waals surface area contributed by atoms with Gasteiger partial charge in [-0.3, -0.25) is 9.59 Å². The van der Waals surface area contributed by atoms with E-state index in [1.165, 1.54) is 6.20 Å². The maximum atomic E-state index is 11.6. The van der Waals surface area contributed by atoms with Crippen molar-refractivity contribution < 1.29 is 14.7 Å². The Balaban J connectivity index is 2.54. The lowest BCUT2D eigenvalue weighted by atomic mass is 10.0. The molecule has 1 atom stereocenters. The van der Waals surface area contributed by atoms with E-state index in [1.807, 2.05) is 0 Å². The van der Waals surface area contributed by atoms with Crippen molar-refractivity contribution >= 4 is 29.2 Å². The summed E-state index contributed by atoms with van der Waals surface area (Å²) in [7, 11) is 0. The van der Waals surface area contributed by atoms with Gasteiger partial charge in [0.1, 0.15) is 5.15 Å². The fraction of sp³-hybridized carbons (Fsp3) is 0.417. The van der Waals surface area contributed by atoms with Gasteiger partial charge in [-0.05, 0) is 24.5 Å². The van der Waals surface area contributed by atoms with E-state index in [4.69, 9.17) is 16.7 Å². The molecule has 98 valence electrons. The van der Waals surface area contributed by atoms with Crippen molar-refractivity contribution in [2.24, 2.45) is 5.92 Å². The molecule has 1 aromatic rings. The number of amides is 1. The summed E-state index contributed by atoms with van der Waals surface area (Å²) in [5, 5.41) is 11.7. The van der Waals surface area contributed by atoms with Crippen molar-refractivity contribution in [1.29, 1.82) is 0 Å². The standard InChI is InChI=1S/C12H15ClN2O3/c1-7(4-11(17)18)3-10(16)15-9-5-8(2)12(13)14-6-9/h5-7H,3-4H2,1-2H3,(H,15,16)(H,17,18). The zero-order valence-electron chi connectivity index (χ0n) is 10.2. The van der Waals surface area contributed by atoms with E-state index in [-0.39, 0.29) is 24.7 Å². The van der Waals surface area contributed by atoms with Crippen molar-refractivity contribution in [2.75, 3.05) is 5.32 Å². The largest absolute Gasteiger partial charge is 0.481 e. The summed E-state index contributed by atoms with van der Waals surface area (Å²) >= 11 is 5.77. The molecule has 18 heavy (non-hydrogen) atoms. The molecule has 1 amide bonds. The Hall–Kier alpha value is -1.62. The van der Waals surface area contributed by atoms with Gasteiger partial charge in [0.15, 0.2) is 0 Å². The number of anilines is 1. The van der Waals surface area contributed by atoms with Gasteiger partial charge in [0.2, 0.25) is 5.91 Å². The second-order valence-electron chi connectivity index (χ2n) is 4.29. The van der Waals surface area contributed by atoms with Crippen LogP contribution in [-0.2, 0) is 9.59 Å². The highest BCUT2D eigenvalue weighted by Crippen LogP contribution is 2.17. The van der Waals surface area contributed by atoms with Crippen LogP contribution in [0.2, 0.25) is 5.15 Å². The van der Waals surface area contributed by atoms with Gasteiger partial charge >= 0.3 is 5.97 Å². The summed E-state index contributed by atoms with van der Waals surface area (Å²) in [6.45, 7) is 3.51. The predicted octanol–water partition coefficient (Wildman–Crippen LogP) is 2.48. The number of carbonyl (C=O) groups excluding carboxylic acids is 1. The molecular formula is C12H15ClN2O3. The Morgan fingerprint density at radius 3 is 2.72 bits per heavy atom. The topological polar surface area (TPSA) is 79.3 Å². The minimum Gasteiger partial charge on any atom is -0.481 e. The highest BCUT2D eigenvalue weighted by molar-refractivity contribution is 6.30. The second kappa shape index (κ2) is 6.35. The summed E-state index contributed by atoms with van der Waals surface area (Å²) in [6, 6.07) is 1.72. The first-order chi connectivity index (χ1) is 8.38. The normalized spacial score (nSPS) is 11.9. The van der Waals surface area contributed by atoms with Gasteiger partial charge < -0.3 is 10.4 Å². The number of nitrogens with one attached hydrogen (secondary N) is 1. The number of rotatable bonds is 5. The Morgan fingerprint density at radius 1 is 1.50 bits per heavy atom. The molecule has 0 saturated heterocycles. The van der Waals surface area contributed by atoms with Gasteiger partial charge in [-0.25, -0.2) is 4.98 Å². The number of carboxylic acids is 1. The van der Waals surface area contributed by atoms with Crippen molar-refractivity contribution in [2.45, 2.75) is 26.7 Å². The van der Waals surface area contributed by atoms with E-state index in [1.54, 1.807) is 19.9 Å². The molecule has 5 nitrogen and oxygen atoms in total. The number of halogens is 1. The number of pyridine rings is 1. The molecule has 2 N–H and O–H groups in total. The number of carbonyl (C=O) groups is 2. The van der Waals surface area contributed by atoms with Gasteiger partial charge in [-0.2, -0.15) is 0 Å². The fourth-order valence-electron chi connectivity index (χ4n) is 1.53. The van der Waals surface area contributed by atoms with E-state index in [0.29, 0.717) is 10.8 Å². The molecule has 0 aliphatic rings. The maximum absolute atomic E-state index is 11.6. The average Bonchev–Trinajstić information content (AvgIpc) is 2.21. The average molecular weight is 271 g/mol. The molecule has 0 aliphatic heterocycles. The zero-order valence-corrected chi connectivity index (χ0v) is 11.0. The first-order valence-corrected chi connectivity index (χ1v) is 5.90. The van der Waals surface area contributed by atoms with Crippen LogP contribution in [0.5, 0.6) is 0 Å². The predicted molar refractivity (Wildman–Crippen MR) is 68.6 cm³/mol. The monoisotopic (exact) mass is 270 g/mol. The van der Waals surface area contributed by atoms with Crippen LogP contribution in [0.15, 0.2) is 12.3 Å². The van der Waals surface area contributed by atoms with Gasteiger partial charge in [0, 0.05) is 12.8 Å². The minimum atomic E-state index is -0.903. The third kappa shape index (κ3) is 4.71. The van der Waals surface area contributed by atoms with Crippen molar-refractivity contribution in [3.63, 3.8) is 0 Å². The van der Waals surface area contributed by atoms with E-state index in [0.717, 1.165) is 5.56 Å². The first-order valence-electron chi connectivity index (χ1n) is 5.52. The molecule has 0 spiro atoms. The summed E-state index contributed by atoms with van der Waals surface area (Å²) in [5.74, 6) is -1.34. The Bertz CT molecular complexity index is 463. The minimum absolute atomic E-state index is 0.0225. The van der Waals surface area contributed by atoms with E-state index < -0.39 is 5.97 Å². The van der Waals surface area contributed by atoms with Crippen LogP contribution in [0.1, 0.15) is 25.3 Å². The van der Waals surface area contributed by atoms with Gasteiger partial charge in [0.05, 0.1) is 11.9 Å². The number of aliphatic carboxylic acids is 1. The number of nitrogens with zero attached hydrogens (tertiary/aromatic N) is 1. The van der Waals surface area contributed by atoms with E-state index >= 15 is 0 Å². The highest BCUT2D eigenvalue weighted by atomic mass is 35.5. The maximum Gasteiger partial charge on any atom is 0.303 e. The van der Waals surface area contributed by atoms with Gasteiger partial charge in [0.25, 0.3) is 0 Å². The Kier molecular flexibility index (Phi) is 5.09. The molecule has 6 heteroatoms. The molecule has 1 heterocycles. The highest BCUT2D eigenvalue weighted by Gasteiger charge is 2.13. The van der Waals surface area contributed by atoms with Crippen LogP contribution in [0.3, 0.4) is 0 Å². The van der Waals surface area contributed by atoms with Crippen molar-refractivity contribution in [3.05, 3.63) is 23.0 Å². The fourth-order valence-corrected chi connectivity index (χ4v) is 1.63. The quantitative estimate of drug-likeness (QED) is 0.806. The summed E-state index contributed by atoms with van der Waals surface area (Å²) in [5.41, 5.74) is 1.33. The van der Waals surface area contributed by atoms with Crippen LogP contribution in [0, 0.1) is 12.8 Å². The van der Waals surface area contributed by atoms with E-state index in [2.05, 4.69) is 10.3 Å². The summed E-state index contributed by atoms with van der Waals surface area (Å²) < 4.78 is 0. The smallest absolute Gasteiger partial charge is 0.303 e. The van der Waals surface area contributed by atoms with Crippen LogP contribution < -0.4 is 5.32 Å². The number of hydrogen-bond acceptors (Lipinski definition) is 3. The summed E-state index contributed by atoms with van der Waals surface area (Å²) in [6.07, 6.45) is 1.61. The first kappa shape index (κ1) is 14.4. The molecular weight excluding hydrogens is 256 g/mol. The Labute approximate surface area is 110 Å². The third-order valence-corrected chi connectivity index (χ3v) is 2.75. The lowest BCUT2D eigenvalue weighted by molar-refractivity contribution is -0.138. The lowest BCUT2D eigenvalue weighted by Gasteiger charge is -2.09. The number of carboxylic acid groups (broad SMARTS) is 1. The second-order valence-corrected chi connectivity index (χ2v) is 4.65.